The molecule has 0 saturated carbocycles. The van der Waals surface area contributed by atoms with Crippen molar-refractivity contribution in [3.63, 3.8) is 0 Å². The van der Waals surface area contributed by atoms with Crippen LogP contribution >= 0.6 is 0 Å². The van der Waals surface area contributed by atoms with Gasteiger partial charge in [-0.05, 0) is 26.7 Å². The van der Waals surface area contributed by atoms with Crippen LogP contribution in [0, 0.1) is 11.6 Å². The molecule has 1 fully saturated rings. The number of benzene rings is 1. The third-order valence-corrected chi connectivity index (χ3v) is 5.83. The summed E-state index contributed by atoms with van der Waals surface area (Å²) in [7, 11) is 0. The number of hydrogen-bond acceptors (Lipinski definition) is 6. The maximum absolute atomic E-state index is 15.6. The van der Waals surface area contributed by atoms with Crippen LogP contribution in [0.1, 0.15) is 32.4 Å². The van der Waals surface area contributed by atoms with E-state index in [1.54, 1.807) is 11.1 Å². The number of imidazole rings is 1. The molecule has 1 saturated heterocycles. The van der Waals surface area contributed by atoms with Gasteiger partial charge in [-0.15, -0.1) is 0 Å². The van der Waals surface area contributed by atoms with Crippen molar-refractivity contribution in [2.24, 2.45) is 0 Å². The Balaban J connectivity index is 1.72. The predicted molar refractivity (Wildman–Crippen MR) is 116 cm³/mol. The Labute approximate surface area is 179 Å². The number of H-pyrrole nitrogens is 1. The number of halogens is 2. The Hall–Kier alpha value is -2.88. The third kappa shape index (κ3) is 4.16. The van der Waals surface area contributed by atoms with Crippen molar-refractivity contribution in [1.82, 2.24) is 9.97 Å². The Morgan fingerprint density at radius 1 is 1.26 bits per heavy atom. The first-order chi connectivity index (χ1) is 15.0. The van der Waals surface area contributed by atoms with Gasteiger partial charge in [-0.25, -0.2) is 13.8 Å². The van der Waals surface area contributed by atoms with Gasteiger partial charge in [0.1, 0.15) is 11.7 Å². The van der Waals surface area contributed by atoms with Crippen molar-refractivity contribution in [2.45, 2.75) is 45.3 Å². The van der Waals surface area contributed by atoms with Crippen molar-refractivity contribution < 1.29 is 18.3 Å². The van der Waals surface area contributed by atoms with Crippen LogP contribution in [0.2, 0.25) is 0 Å². The Bertz CT molecular complexity index is 927. The highest BCUT2D eigenvalue weighted by atomic mass is 19.1. The van der Waals surface area contributed by atoms with E-state index in [2.05, 4.69) is 25.9 Å². The largest absolute Gasteiger partial charge is 0.378 e. The fraction of sp³-hybridized carbons (Fsp3) is 0.524. The molecule has 0 radical (unpaired) electrons. The Kier molecular flexibility index (Phi) is 6.26. The van der Waals surface area contributed by atoms with Gasteiger partial charge < -0.3 is 30.6 Å². The van der Waals surface area contributed by atoms with Crippen molar-refractivity contribution in [3.8, 4) is 0 Å². The molecule has 2 aromatic rings. The smallest absolute Gasteiger partial charge is 0.247 e. The fourth-order valence-corrected chi connectivity index (χ4v) is 4.15. The highest BCUT2D eigenvalue weighted by Gasteiger charge is 2.35. The number of hydrogen-bond donors (Lipinski definition) is 4. The zero-order valence-corrected chi connectivity index (χ0v) is 17.7. The predicted octanol–water partition coefficient (Wildman–Crippen LogP) is 3.10. The number of carbonyl (C=O) groups excluding carboxylic acids is 1. The number of anilines is 4. The molecule has 0 spiro atoms. The summed E-state index contributed by atoms with van der Waals surface area (Å²) >= 11 is 0. The Morgan fingerprint density at radius 3 is 2.71 bits per heavy atom. The summed E-state index contributed by atoms with van der Waals surface area (Å²) < 4.78 is 36.8. The van der Waals surface area contributed by atoms with Crippen molar-refractivity contribution in [2.75, 3.05) is 47.1 Å². The minimum absolute atomic E-state index is 0.0441. The number of aromatic amines is 1. The molecule has 1 unspecified atom stereocenters. The number of amides is 1. The topological polar surface area (TPSA) is 94.3 Å². The number of ether oxygens (including phenoxy) is 1. The zero-order valence-electron chi connectivity index (χ0n) is 17.7. The molecule has 4 rings (SSSR count). The lowest BCUT2D eigenvalue weighted by Crippen LogP contribution is -2.42. The highest BCUT2D eigenvalue weighted by molar-refractivity contribution is 6.07. The van der Waals surface area contributed by atoms with Gasteiger partial charge >= 0.3 is 0 Å². The molecular formula is C21H28F2N6O2. The van der Waals surface area contributed by atoms with Gasteiger partial charge in [-0.1, -0.05) is 0 Å². The number of rotatable bonds is 8. The zero-order chi connectivity index (χ0) is 22.0. The van der Waals surface area contributed by atoms with Gasteiger partial charge in [0, 0.05) is 44.6 Å². The van der Waals surface area contributed by atoms with Gasteiger partial charge in [0.05, 0.1) is 29.5 Å². The lowest BCUT2D eigenvalue weighted by Gasteiger charge is -2.32. The van der Waals surface area contributed by atoms with Gasteiger partial charge in [-0.3, -0.25) is 4.79 Å². The summed E-state index contributed by atoms with van der Waals surface area (Å²) in [5.74, 6) is -1.79. The quantitative estimate of drug-likeness (QED) is 0.510. The van der Waals surface area contributed by atoms with Crippen LogP contribution in [0.25, 0.3) is 0 Å². The van der Waals surface area contributed by atoms with Crippen molar-refractivity contribution >= 4 is 28.7 Å². The summed E-state index contributed by atoms with van der Waals surface area (Å²) in [4.78, 5) is 21.3. The molecule has 0 bridgehead atoms. The fourth-order valence-electron chi connectivity index (χ4n) is 4.15. The van der Waals surface area contributed by atoms with Crippen LogP contribution in [0.15, 0.2) is 12.5 Å². The summed E-state index contributed by atoms with van der Waals surface area (Å²) in [6, 6.07) is -0.719. The monoisotopic (exact) mass is 434 g/mol. The number of fused-ring (bicyclic) bond motifs is 1. The molecule has 2 atom stereocenters. The molecule has 2 aliphatic heterocycles. The second kappa shape index (κ2) is 9.09. The van der Waals surface area contributed by atoms with Gasteiger partial charge in [0.2, 0.25) is 5.91 Å². The summed E-state index contributed by atoms with van der Waals surface area (Å²) in [6.45, 7) is 5.63. The number of aromatic nitrogens is 2. The summed E-state index contributed by atoms with van der Waals surface area (Å²) in [6.07, 6.45) is 5.21. The van der Waals surface area contributed by atoms with E-state index in [1.807, 2.05) is 13.8 Å². The molecule has 1 aromatic carbocycles. The van der Waals surface area contributed by atoms with Crippen molar-refractivity contribution in [3.05, 3.63) is 29.9 Å². The van der Waals surface area contributed by atoms with Crippen LogP contribution in [-0.2, 0) is 16.0 Å². The van der Waals surface area contributed by atoms with Crippen LogP contribution in [-0.4, -0.2) is 54.3 Å². The number of carbonyl (C=O) groups is 1. The van der Waals surface area contributed by atoms with E-state index in [0.29, 0.717) is 32.7 Å². The molecule has 4 N–H and O–H groups in total. The molecule has 8 nitrogen and oxygen atoms in total. The van der Waals surface area contributed by atoms with Gasteiger partial charge in [0.15, 0.2) is 11.6 Å². The molecule has 10 heteroatoms. The van der Waals surface area contributed by atoms with Gasteiger partial charge in [-0.2, -0.15) is 0 Å². The maximum Gasteiger partial charge on any atom is 0.247 e. The number of nitrogens with zero attached hydrogens (tertiary/aromatic N) is 2. The average Bonchev–Trinajstić information content (AvgIpc) is 3.46. The molecular weight excluding hydrogens is 406 g/mol. The summed E-state index contributed by atoms with van der Waals surface area (Å²) in [5.41, 5.74) is 0.883. The van der Waals surface area contributed by atoms with E-state index in [0.717, 1.165) is 18.5 Å². The van der Waals surface area contributed by atoms with Crippen molar-refractivity contribution in [1.29, 1.82) is 0 Å². The van der Waals surface area contributed by atoms with E-state index >= 15 is 8.78 Å². The molecule has 3 heterocycles. The minimum Gasteiger partial charge on any atom is -0.378 e. The molecule has 1 amide bonds. The second-order valence-electron chi connectivity index (χ2n) is 7.76. The van der Waals surface area contributed by atoms with Crippen LogP contribution in [0.4, 0.5) is 31.5 Å². The van der Waals surface area contributed by atoms with E-state index < -0.39 is 17.7 Å². The highest BCUT2D eigenvalue weighted by Crippen LogP contribution is 2.45. The van der Waals surface area contributed by atoms with Crippen LogP contribution in [0.3, 0.4) is 0 Å². The van der Waals surface area contributed by atoms with E-state index in [1.165, 1.54) is 6.33 Å². The van der Waals surface area contributed by atoms with E-state index in [4.69, 9.17) is 4.74 Å². The number of nitrogens with one attached hydrogen (secondary N) is 4. The normalized spacial score (nSPS) is 20.2. The molecule has 2 aliphatic rings. The van der Waals surface area contributed by atoms with Crippen LogP contribution < -0.4 is 20.9 Å². The third-order valence-electron chi connectivity index (χ3n) is 5.83. The lowest BCUT2D eigenvalue weighted by atomic mass is 10.0. The molecule has 31 heavy (non-hydrogen) atoms. The first-order valence-electron chi connectivity index (χ1n) is 10.7. The lowest BCUT2D eigenvalue weighted by molar-refractivity contribution is -0.117. The minimum atomic E-state index is -0.719. The van der Waals surface area contributed by atoms with E-state index in [-0.39, 0.29) is 34.8 Å². The second-order valence-corrected chi connectivity index (χ2v) is 7.76. The summed E-state index contributed by atoms with van der Waals surface area (Å²) in [5, 5.41) is 8.78. The Morgan fingerprint density at radius 2 is 2.06 bits per heavy atom. The SMILES string of the molecule is CCN(CC)c1c(F)c(NCC2CCCO2)c2c(c1F)N[C@@H](Cc1cnc[nH]1)C(=O)N2. The molecule has 168 valence electrons. The first kappa shape index (κ1) is 21.4. The first-order valence-corrected chi connectivity index (χ1v) is 10.7. The maximum atomic E-state index is 15.6. The van der Waals surface area contributed by atoms with E-state index in [9.17, 15) is 4.79 Å². The van der Waals surface area contributed by atoms with Crippen LogP contribution in [0.5, 0.6) is 0 Å². The standard InChI is InChI=1S/C21H28F2N6O2/c1-3-29(4-2)20-15(22)17(25-10-13-6-5-7-31-13)19-18(16(20)23)27-14(21(30)28-19)8-12-9-24-11-26-12/h9,11,13-14,25,27H,3-8,10H2,1-2H3,(H,24,26)(H,28,30)/t13?,14-/m0/s1. The average molecular weight is 434 g/mol. The molecule has 0 aliphatic carbocycles. The molecule has 1 aromatic heterocycles. The van der Waals surface area contributed by atoms with Gasteiger partial charge in [0.25, 0.3) is 0 Å².